The molecule has 0 aromatic heterocycles. The molecule has 0 aliphatic carbocycles. The van der Waals surface area contributed by atoms with Crippen molar-refractivity contribution in [2.75, 3.05) is 6.54 Å². The van der Waals surface area contributed by atoms with Gasteiger partial charge in [0, 0.05) is 6.04 Å². The van der Waals surface area contributed by atoms with E-state index in [1.54, 1.807) is 0 Å². The molecule has 1 heterocycles. The van der Waals surface area contributed by atoms with Gasteiger partial charge < -0.3 is 5.32 Å². The minimum atomic E-state index is -0.296. The number of hydrogen-bond acceptors (Lipinski definition) is 3. The second-order valence-electron chi connectivity index (χ2n) is 5.25. The molecule has 17 heavy (non-hydrogen) atoms. The molecular weight excluding hydrogens is 216 g/mol. The van der Waals surface area contributed by atoms with Crippen LogP contribution >= 0.6 is 0 Å². The van der Waals surface area contributed by atoms with Crippen molar-refractivity contribution in [3.05, 3.63) is 0 Å². The van der Waals surface area contributed by atoms with E-state index in [0.717, 1.165) is 19.4 Å². The molecule has 1 aliphatic heterocycles. The lowest BCUT2D eigenvalue weighted by Crippen LogP contribution is -2.43. The third-order valence-electron chi connectivity index (χ3n) is 3.33. The molecule has 1 rings (SSSR count). The molecule has 0 spiro atoms. The quantitative estimate of drug-likeness (QED) is 0.717. The van der Waals surface area contributed by atoms with Crippen LogP contribution < -0.4 is 5.32 Å². The highest BCUT2D eigenvalue weighted by molar-refractivity contribution is 6.05. The second-order valence-corrected chi connectivity index (χ2v) is 5.25. The highest BCUT2D eigenvalue weighted by atomic mass is 16.2. The molecule has 0 saturated carbocycles. The number of imide groups is 1. The Hall–Kier alpha value is -0.900. The fourth-order valence-electron chi connectivity index (χ4n) is 2.00. The number of nitrogens with zero attached hydrogens (tertiary/aromatic N) is 1. The molecule has 4 heteroatoms. The maximum absolute atomic E-state index is 12.0. The summed E-state index contributed by atoms with van der Waals surface area (Å²) in [5.74, 6) is 0.528. The zero-order valence-corrected chi connectivity index (χ0v) is 11.3. The van der Waals surface area contributed by atoms with Gasteiger partial charge in [-0.1, -0.05) is 20.8 Å². The van der Waals surface area contributed by atoms with Crippen LogP contribution in [-0.2, 0) is 9.59 Å². The summed E-state index contributed by atoms with van der Waals surface area (Å²) in [5.41, 5.74) is 0. The fourth-order valence-corrected chi connectivity index (χ4v) is 2.00. The van der Waals surface area contributed by atoms with E-state index in [1.807, 2.05) is 13.8 Å². The van der Waals surface area contributed by atoms with E-state index >= 15 is 0 Å². The van der Waals surface area contributed by atoms with Gasteiger partial charge in [0.1, 0.15) is 0 Å². The number of carbonyl (C=O) groups is 2. The number of amides is 2. The number of nitrogens with one attached hydrogen (secondary N) is 1. The smallest absolute Gasteiger partial charge is 0.247 e. The molecule has 4 nitrogen and oxygen atoms in total. The van der Waals surface area contributed by atoms with Crippen molar-refractivity contribution in [1.82, 2.24) is 10.2 Å². The van der Waals surface area contributed by atoms with Gasteiger partial charge in [0.05, 0.1) is 12.5 Å². The summed E-state index contributed by atoms with van der Waals surface area (Å²) in [4.78, 5) is 25.2. The molecule has 1 aliphatic rings. The molecule has 0 aromatic rings. The molecule has 98 valence electrons. The standard InChI is InChI=1S/C13H24N2O2/c1-5-10(4)15-12(16)8-11(13(15)17)14-7-6-9(2)3/h9-11,14H,5-8H2,1-4H3. The van der Waals surface area contributed by atoms with E-state index in [1.165, 1.54) is 4.90 Å². The Balaban J connectivity index is 2.50. The lowest BCUT2D eigenvalue weighted by atomic mass is 10.1. The summed E-state index contributed by atoms with van der Waals surface area (Å²) in [5, 5.41) is 3.19. The third kappa shape index (κ3) is 3.53. The Kier molecular flexibility index (Phi) is 5.12. The summed E-state index contributed by atoms with van der Waals surface area (Å²) < 4.78 is 0. The maximum Gasteiger partial charge on any atom is 0.247 e. The second kappa shape index (κ2) is 6.15. The summed E-state index contributed by atoms with van der Waals surface area (Å²) in [6.07, 6.45) is 2.17. The topological polar surface area (TPSA) is 49.4 Å². The Bertz CT molecular complexity index is 289. The minimum Gasteiger partial charge on any atom is -0.305 e. The first-order valence-electron chi connectivity index (χ1n) is 6.56. The van der Waals surface area contributed by atoms with Gasteiger partial charge in [-0.05, 0) is 32.2 Å². The van der Waals surface area contributed by atoms with Crippen LogP contribution in [0.4, 0.5) is 0 Å². The first kappa shape index (κ1) is 14.2. The van der Waals surface area contributed by atoms with Crippen LogP contribution in [0.1, 0.15) is 47.0 Å². The van der Waals surface area contributed by atoms with Crippen molar-refractivity contribution in [2.45, 2.75) is 59.0 Å². The van der Waals surface area contributed by atoms with Crippen LogP contribution in [0.15, 0.2) is 0 Å². The monoisotopic (exact) mass is 240 g/mol. The van der Waals surface area contributed by atoms with Gasteiger partial charge in [-0.15, -0.1) is 0 Å². The molecule has 0 aromatic carbocycles. The van der Waals surface area contributed by atoms with Gasteiger partial charge in [0.25, 0.3) is 0 Å². The van der Waals surface area contributed by atoms with Gasteiger partial charge in [0.15, 0.2) is 0 Å². The first-order valence-corrected chi connectivity index (χ1v) is 6.56. The average molecular weight is 240 g/mol. The van der Waals surface area contributed by atoms with Gasteiger partial charge in [-0.25, -0.2) is 0 Å². The third-order valence-corrected chi connectivity index (χ3v) is 3.33. The molecule has 2 unspecified atom stereocenters. The average Bonchev–Trinajstić information content (AvgIpc) is 2.53. The predicted molar refractivity (Wildman–Crippen MR) is 67.5 cm³/mol. The van der Waals surface area contributed by atoms with E-state index in [2.05, 4.69) is 19.2 Å². The van der Waals surface area contributed by atoms with Crippen molar-refractivity contribution >= 4 is 11.8 Å². The van der Waals surface area contributed by atoms with Gasteiger partial charge in [-0.2, -0.15) is 0 Å². The lowest BCUT2D eigenvalue weighted by Gasteiger charge is -2.21. The van der Waals surface area contributed by atoms with Crippen molar-refractivity contribution in [3.63, 3.8) is 0 Å². The highest BCUT2D eigenvalue weighted by Gasteiger charge is 2.40. The van der Waals surface area contributed by atoms with Crippen LogP contribution in [0.5, 0.6) is 0 Å². The molecule has 0 radical (unpaired) electrons. The number of likely N-dealkylation sites (tertiary alicyclic amines) is 1. The number of hydrogen-bond donors (Lipinski definition) is 1. The largest absolute Gasteiger partial charge is 0.305 e. The Morgan fingerprint density at radius 1 is 1.35 bits per heavy atom. The van der Waals surface area contributed by atoms with E-state index < -0.39 is 0 Å². The number of rotatable bonds is 6. The van der Waals surface area contributed by atoms with Gasteiger partial charge >= 0.3 is 0 Å². The molecule has 2 atom stereocenters. The normalized spacial score (nSPS) is 22.6. The van der Waals surface area contributed by atoms with Crippen molar-refractivity contribution in [2.24, 2.45) is 5.92 Å². The summed E-state index contributed by atoms with van der Waals surface area (Å²) in [7, 11) is 0. The Morgan fingerprint density at radius 2 is 2.00 bits per heavy atom. The first-order chi connectivity index (χ1) is 7.97. The fraction of sp³-hybridized carbons (Fsp3) is 0.846. The van der Waals surface area contributed by atoms with Crippen LogP contribution in [-0.4, -0.2) is 35.3 Å². The molecule has 0 bridgehead atoms. The predicted octanol–water partition coefficient (Wildman–Crippen LogP) is 1.55. The Morgan fingerprint density at radius 3 is 2.53 bits per heavy atom. The van der Waals surface area contributed by atoms with E-state index in [9.17, 15) is 9.59 Å². The molecule has 1 fully saturated rings. The van der Waals surface area contributed by atoms with Crippen LogP contribution in [0.25, 0.3) is 0 Å². The molecule has 2 amide bonds. The highest BCUT2D eigenvalue weighted by Crippen LogP contribution is 2.18. The summed E-state index contributed by atoms with van der Waals surface area (Å²) in [6.45, 7) is 9.01. The van der Waals surface area contributed by atoms with Crippen molar-refractivity contribution in [1.29, 1.82) is 0 Å². The van der Waals surface area contributed by atoms with Crippen LogP contribution in [0, 0.1) is 5.92 Å². The zero-order chi connectivity index (χ0) is 13.0. The molecular formula is C13H24N2O2. The lowest BCUT2D eigenvalue weighted by molar-refractivity contribution is -0.141. The summed E-state index contributed by atoms with van der Waals surface area (Å²) in [6, 6.07) is -0.276. The maximum atomic E-state index is 12.0. The van der Waals surface area contributed by atoms with E-state index in [0.29, 0.717) is 12.3 Å². The van der Waals surface area contributed by atoms with E-state index in [-0.39, 0.29) is 23.9 Å². The number of carbonyl (C=O) groups excluding carboxylic acids is 2. The molecule has 1 N–H and O–H groups in total. The summed E-state index contributed by atoms with van der Waals surface area (Å²) >= 11 is 0. The Labute approximate surface area is 104 Å². The van der Waals surface area contributed by atoms with E-state index in [4.69, 9.17) is 0 Å². The zero-order valence-electron chi connectivity index (χ0n) is 11.3. The van der Waals surface area contributed by atoms with Gasteiger partial charge in [-0.3, -0.25) is 14.5 Å². The minimum absolute atomic E-state index is 0.0203. The van der Waals surface area contributed by atoms with Crippen LogP contribution in [0.3, 0.4) is 0 Å². The van der Waals surface area contributed by atoms with Crippen molar-refractivity contribution < 1.29 is 9.59 Å². The van der Waals surface area contributed by atoms with Gasteiger partial charge in [0.2, 0.25) is 11.8 Å². The van der Waals surface area contributed by atoms with Crippen LogP contribution in [0.2, 0.25) is 0 Å². The molecule has 1 saturated heterocycles. The van der Waals surface area contributed by atoms with Crippen molar-refractivity contribution in [3.8, 4) is 0 Å². The SMILES string of the molecule is CCC(C)N1C(=O)CC(NCCC(C)C)C1=O.